The van der Waals surface area contributed by atoms with Crippen molar-refractivity contribution >= 4 is 23.6 Å². The molecule has 0 saturated carbocycles. The number of benzene rings is 1. The highest BCUT2D eigenvalue weighted by molar-refractivity contribution is 8.00. The van der Waals surface area contributed by atoms with E-state index in [-0.39, 0.29) is 36.1 Å². The molecule has 4 nitrogen and oxygen atoms in total. The summed E-state index contributed by atoms with van der Waals surface area (Å²) in [6.45, 7) is 0.227. The summed E-state index contributed by atoms with van der Waals surface area (Å²) in [5.74, 6) is -1.33. The van der Waals surface area contributed by atoms with Crippen LogP contribution in [0.3, 0.4) is 0 Å². The van der Waals surface area contributed by atoms with Crippen LogP contribution in [-0.4, -0.2) is 48.0 Å². The molecule has 0 unspecified atom stereocenters. The lowest BCUT2D eigenvalue weighted by atomic mass is 10.2. The van der Waals surface area contributed by atoms with E-state index in [1.165, 1.54) is 33.7 Å². The quantitative estimate of drug-likeness (QED) is 0.854. The Morgan fingerprint density at radius 1 is 1.43 bits per heavy atom. The summed E-state index contributed by atoms with van der Waals surface area (Å²) in [4.78, 5) is 26.4. The molecule has 1 fully saturated rings. The summed E-state index contributed by atoms with van der Waals surface area (Å²) in [6, 6.07) is 3.33. The SMILES string of the molecule is CN(C)C(=O)CCN1C(=O)CS[C@H]1c1ccc(F)cc1F. The summed E-state index contributed by atoms with van der Waals surface area (Å²) in [7, 11) is 3.28. The Morgan fingerprint density at radius 2 is 2.14 bits per heavy atom. The van der Waals surface area contributed by atoms with Crippen LogP contribution in [0.1, 0.15) is 17.4 Å². The summed E-state index contributed by atoms with van der Waals surface area (Å²) in [6.07, 6.45) is 0.179. The van der Waals surface area contributed by atoms with Gasteiger partial charge in [0.15, 0.2) is 0 Å². The molecular formula is C14H16F2N2O2S. The third kappa shape index (κ3) is 3.53. The van der Waals surface area contributed by atoms with Gasteiger partial charge in [0.05, 0.1) is 5.75 Å². The number of carbonyl (C=O) groups is 2. The van der Waals surface area contributed by atoms with Crippen molar-refractivity contribution in [2.45, 2.75) is 11.8 Å². The van der Waals surface area contributed by atoms with Gasteiger partial charge in [0.1, 0.15) is 17.0 Å². The zero-order valence-corrected chi connectivity index (χ0v) is 12.6. The van der Waals surface area contributed by atoms with Crippen molar-refractivity contribution in [2.75, 3.05) is 26.4 Å². The Labute approximate surface area is 126 Å². The Bertz CT molecular complexity index is 566. The first-order chi connectivity index (χ1) is 9.90. The summed E-state index contributed by atoms with van der Waals surface area (Å²) >= 11 is 1.28. The van der Waals surface area contributed by atoms with Crippen LogP contribution in [0.4, 0.5) is 8.78 Å². The van der Waals surface area contributed by atoms with Crippen LogP contribution in [0.25, 0.3) is 0 Å². The van der Waals surface area contributed by atoms with Crippen molar-refractivity contribution in [1.82, 2.24) is 9.80 Å². The highest BCUT2D eigenvalue weighted by atomic mass is 32.2. The van der Waals surface area contributed by atoms with E-state index >= 15 is 0 Å². The Balaban J connectivity index is 2.14. The van der Waals surface area contributed by atoms with Crippen molar-refractivity contribution in [3.8, 4) is 0 Å². The molecule has 1 aliphatic heterocycles. The molecule has 0 bridgehead atoms. The molecule has 2 amide bonds. The normalized spacial score (nSPS) is 18.2. The molecule has 2 rings (SSSR count). The van der Waals surface area contributed by atoms with Gasteiger partial charge in [-0.2, -0.15) is 0 Å². The van der Waals surface area contributed by atoms with Gasteiger partial charge in [0.2, 0.25) is 11.8 Å². The minimum Gasteiger partial charge on any atom is -0.349 e. The first kappa shape index (κ1) is 15.8. The van der Waals surface area contributed by atoms with Crippen LogP contribution in [-0.2, 0) is 9.59 Å². The molecule has 0 aromatic heterocycles. The van der Waals surface area contributed by atoms with Crippen molar-refractivity contribution in [3.63, 3.8) is 0 Å². The van der Waals surface area contributed by atoms with E-state index in [1.54, 1.807) is 14.1 Å². The fourth-order valence-electron chi connectivity index (χ4n) is 2.09. The molecule has 1 aliphatic rings. The van der Waals surface area contributed by atoms with E-state index in [4.69, 9.17) is 0 Å². The van der Waals surface area contributed by atoms with Gasteiger partial charge in [-0.1, -0.05) is 6.07 Å². The maximum absolute atomic E-state index is 13.9. The average Bonchev–Trinajstić information content (AvgIpc) is 2.77. The molecule has 1 aromatic rings. The first-order valence-electron chi connectivity index (χ1n) is 6.46. The standard InChI is InChI=1S/C14H16F2N2O2S/c1-17(2)12(19)5-6-18-13(20)8-21-14(18)10-4-3-9(15)7-11(10)16/h3-4,7,14H,5-6,8H2,1-2H3/t14-/m0/s1. The zero-order valence-electron chi connectivity index (χ0n) is 11.8. The number of rotatable bonds is 4. The first-order valence-corrected chi connectivity index (χ1v) is 7.51. The Kier molecular flexibility index (Phi) is 4.82. The molecule has 114 valence electrons. The van der Waals surface area contributed by atoms with Crippen molar-refractivity contribution < 1.29 is 18.4 Å². The summed E-state index contributed by atoms with van der Waals surface area (Å²) in [5, 5.41) is -0.506. The summed E-state index contributed by atoms with van der Waals surface area (Å²) < 4.78 is 26.8. The van der Waals surface area contributed by atoms with Crippen molar-refractivity contribution in [2.24, 2.45) is 0 Å². The molecule has 21 heavy (non-hydrogen) atoms. The van der Waals surface area contributed by atoms with E-state index in [1.807, 2.05) is 0 Å². The topological polar surface area (TPSA) is 40.6 Å². The number of amides is 2. The van der Waals surface area contributed by atoms with Crippen molar-refractivity contribution in [1.29, 1.82) is 0 Å². The monoisotopic (exact) mass is 314 g/mol. The maximum Gasteiger partial charge on any atom is 0.233 e. The van der Waals surface area contributed by atoms with E-state index < -0.39 is 17.0 Å². The highest BCUT2D eigenvalue weighted by Crippen LogP contribution is 2.39. The van der Waals surface area contributed by atoms with Crippen LogP contribution in [0.5, 0.6) is 0 Å². The van der Waals surface area contributed by atoms with Crippen LogP contribution in [0.15, 0.2) is 18.2 Å². The highest BCUT2D eigenvalue weighted by Gasteiger charge is 2.34. The van der Waals surface area contributed by atoms with Gasteiger partial charge in [0.25, 0.3) is 0 Å². The maximum atomic E-state index is 13.9. The predicted molar refractivity (Wildman–Crippen MR) is 76.6 cm³/mol. The average molecular weight is 314 g/mol. The van der Waals surface area contributed by atoms with Crippen molar-refractivity contribution in [3.05, 3.63) is 35.4 Å². The smallest absolute Gasteiger partial charge is 0.233 e. The number of carbonyl (C=O) groups excluding carboxylic acids is 2. The predicted octanol–water partition coefficient (Wildman–Crippen LogP) is 2.02. The second-order valence-electron chi connectivity index (χ2n) is 4.95. The number of hydrogen-bond donors (Lipinski definition) is 0. The number of hydrogen-bond acceptors (Lipinski definition) is 3. The van der Waals surface area contributed by atoms with Gasteiger partial charge in [0, 0.05) is 38.7 Å². The largest absolute Gasteiger partial charge is 0.349 e. The van der Waals surface area contributed by atoms with Crippen LogP contribution in [0, 0.1) is 11.6 Å². The molecule has 7 heteroatoms. The Morgan fingerprint density at radius 3 is 2.76 bits per heavy atom. The van der Waals surface area contributed by atoms with Gasteiger partial charge < -0.3 is 9.80 Å². The fraction of sp³-hybridized carbons (Fsp3) is 0.429. The third-order valence-corrected chi connectivity index (χ3v) is 4.50. The second-order valence-corrected chi connectivity index (χ2v) is 6.02. The number of halogens is 2. The minimum atomic E-state index is -0.675. The number of nitrogens with zero attached hydrogens (tertiary/aromatic N) is 2. The van der Waals surface area contributed by atoms with E-state index in [9.17, 15) is 18.4 Å². The second kappa shape index (κ2) is 6.43. The fourth-order valence-corrected chi connectivity index (χ4v) is 3.33. The van der Waals surface area contributed by atoms with Gasteiger partial charge >= 0.3 is 0 Å². The van der Waals surface area contributed by atoms with Gasteiger partial charge in [-0.3, -0.25) is 9.59 Å². The van der Waals surface area contributed by atoms with Crippen LogP contribution >= 0.6 is 11.8 Å². The van der Waals surface area contributed by atoms with Gasteiger partial charge in [-0.25, -0.2) is 8.78 Å². The van der Waals surface area contributed by atoms with E-state index in [2.05, 4.69) is 0 Å². The molecule has 1 atom stereocenters. The van der Waals surface area contributed by atoms with E-state index in [0.29, 0.717) is 0 Å². The zero-order chi connectivity index (χ0) is 15.6. The van der Waals surface area contributed by atoms with Crippen LogP contribution in [0.2, 0.25) is 0 Å². The van der Waals surface area contributed by atoms with Gasteiger partial charge in [-0.15, -0.1) is 11.8 Å². The lowest BCUT2D eigenvalue weighted by Crippen LogP contribution is -2.33. The molecule has 1 saturated heterocycles. The minimum absolute atomic E-state index is 0.0990. The Hall–Kier alpha value is -1.63. The number of thioether (sulfide) groups is 1. The molecule has 1 heterocycles. The molecule has 0 N–H and O–H groups in total. The van der Waals surface area contributed by atoms with Gasteiger partial charge in [-0.05, 0) is 6.07 Å². The molecule has 1 aromatic carbocycles. The summed E-state index contributed by atoms with van der Waals surface area (Å²) in [5.41, 5.74) is 0.268. The third-order valence-electron chi connectivity index (χ3n) is 3.26. The molecular weight excluding hydrogens is 298 g/mol. The molecule has 0 spiro atoms. The lowest BCUT2D eigenvalue weighted by Gasteiger charge is -2.25. The molecule has 0 aliphatic carbocycles. The lowest BCUT2D eigenvalue weighted by molar-refractivity contribution is -0.131. The van der Waals surface area contributed by atoms with E-state index in [0.717, 1.165) is 6.07 Å². The molecule has 0 radical (unpaired) electrons. The van der Waals surface area contributed by atoms with Crippen LogP contribution < -0.4 is 0 Å².